The van der Waals surface area contributed by atoms with Crippen LogP contribution >= 0.6 is 11.6 Å². The second kappa shape index (κ2) is 4.92. The van der Waals surface area contributed by atoms with Gasteiger partial charge in [-0.2, -0.15) is 4.68 Å². The van der Waals surface area contributed by atoms with E-state index in [0.29, 0.717) is 16.5 Å². The summed E-state index contributed by atoms with van der Waals surface area (Å²) in [6.45, 7) is 0. The molecule has 0 spiro atoms. The molecule has 1 N–H and O–H groups in total. The Labute approximate surface area is 102 Å². The van der Waals surface area contributed by atoms with Gasteiger partial charge in [-0.25, -0.2) is 0 Å². The van der Waals surface area contributed by atoms with Crippen molar-refractivity contribution in [2.24, 2.45) is 0 Å². The van der Waals surface area contributed by atoms with Crippen molar-refractivity contribution in [3.63, 3.8) is 0 Å². The van der Waals surface area contributed by atoms with Gasteiger partial charge < -0.3 is 5.11 Å². The number of aryl methyl sites for hydroxylation is 1. The molecule has 17 heavy (non-hydrogen) atoms. The molecular formula is C10H9ClN4O2. The molecule has 88 valence electrons. The van der Waals surface area contributed by atoms with Crippen LogP contribution in [0.25, 0.3) is 5.69 Å². The summed E-state index contributed by atoms with van der Waals surface area (Å²) in [6, 6.07) is 7.03. The van der Waals surface area contributed by atoms with Gasteiger partial charge in [0.2, 0.25) is 0 Å². The molecule has 0 fully saturated rings. The number of carboxylic acid groups (broad SMARTS) is 1. The van der Waals surface area contributed by atoms with Gasteiger partial charge in [0.15, 0.2) is 5.82 Å². The first kappa shape index (κ1) is 11.5. The molecule has 7 heteroatoms. The first-order chi connectivity index (χ1) is 8.16. The van der Waals surface area contributed by atoms with E-state index < -0.39 is 5.97 Å². The van der Waals surface area contributed by atoms with E-state index in [1.807, 2.05) is 0 Å². The number of carboxylic acids is 1. The Morgan fingerprint density at radius 1 is 1.47 bits per heavy atom. The van der Waals surface area contributed by atoms with Crippen LogP contribution in [0.1, 0.15) is 12.2 Å². The fraction of sp³-hybridized carbons (Fsp3) is 0.200. The Balaban J connectivity index is 2.27. The van der Waals surface area contributed by atoms with Crippen molar-refractivity contribution in [2.75, 3.05) is 0 Å². The van der Waals surface area contributed by atoms with Gasteiger partial charge in [0, 0.05) is 11.4 Å². The monoisotopic (exact) mass is 252 g/mol. The molecule has 2 aromatic rings. The van der Waals surface area contributed by atoms with Crippen LogP contribution in [0.2, 0.25) is 5.02 Å². The summed E-state index contributed by atoms with van der Waals surface area (Å²) < 4.78 is 1.48. The molecule has 0 saturated heterocycles. The Morgan fingerprint density at radius 2 is 2.29 bits per heavy atom. The smallest absolute Gasteiger partial charge is 0.303 e. The SMILES string of the molecule is O=C(O)CCc1nnnn1-c1cccc(Cl)c1. The number of hydrogen-bond donors (Lipinski definition) is 1. The van der Waals surface area contributed by atoms with Crippen LogP contribution in [0.5, 0.6) is 0 Å². The van der Waals surface area contributed by atoms with Gasteiger partial charge in [0.25, 0.3) is 0 Å². The van der Waals surface area contributed by atoms with Crippen LogP contribution in [0.3, 0.4) is 0 Å². The van der Waals surface area contributed by atoms with Gasteiger partial charge in [-0.05, 0) is 28.6 Å². The van der Waals surface area contributed by atoms with E-state index in [4.69, 9.17) is 16.7 Å². The van der Waals surface area contributed by atoms with Crippen LogP contribution in [0, 0.1) is 0 Å². The predicted octanol–water partition coefficient (Wildman–Crippen LogP) is 1.33. The molecular weight excluding hydrogens is 244 g/mol. The highest BCUT2D eigenvalue weighted by Crippen LogP contribution is 2.15. The summed E-state index contributed by atoms with van der Waals surface area (Å²) >= 11 is 5.87. The quantitative estimate of drug-likeness (QED) is 0.888. The molecule has 1 aromatic heterocycles. The number of carbonyl (C=O) groups is 1. The van der Waals surface area contributed by atoms with Crippen molar-refractivity contribution in [3.05, 3.63) is 35.1 Å². The molecule has 6 nitrogen and oxygen atoms in total. The Kier molecular flexibility index (Phi) is 3.34. The maximum Gasteiger partial charge on any atom is 0.303 e. The zero-order valence-electron chi connectivity index (χ0n) is 8.75. The first-order valence-corrected chi connectivity index (χ1v) is 5.29. The number of nitrogens with zero attached hydrogens (tertiary/aromatic N) is 4. The van der Waals surface area contributed by atoms with Gasteiger partial charge in [-0.3, -0.25) is 4.79 Å². The minimum absolute atomic E-state index is 0.0130. The standard InChI is InChI=1S/C10H9ClN4O2/c11-7-2-1-3-8(6-7)15-9(12-13-14-15)4-5-10(16)17/h1-3,6H,4-5H2,(H,16,17). The van der Waals surface area contributed by atoms with Crippen LogP contribution in [0.4, 0.5) is 0 Å². The molecule has 0 saturated carbocycles. The van der Waals surface area contributed by atoms with Crippen molar-refractivity contribution >= 4 is 17.6 Å². The molecule has 0 aliphatic heterocycles. The van der Waals surface area contributed by atoms with Crippen molar-refractivity contribution in [1.82, 2.24) is 20.2 Å². The van der Waals surface area contributed by atoms with Crippen molar-refractivity contribution < 1.29 is 9.90 Å². The number of halogens is 1. The third-order valence-electron chi connectivity index (χ3n) is 2.15. The Morgan fingerprint density at radius 3 is 3.00 bits per heavy atom. The number of tetrazole rings is 1. The third-order valence-corrected chi connectivity index (χ3v) is 2.38. The van der Waals surface area contributed by atoms with E-state index in [2.05, 4.69) is 15.5 Å². The summed E-state index contributed by atoms with van der Waals surface area (Å²) in [6.07, 6.45) is 0.260. The number of rotatable bonds is 4. The number of hydrogen-bond acceptors (Lipinski definition) is 4. The average molecular weight is 253 g/mol. The second-order valence-corrected chi connectivity index (χ2v) is 3.82. The van der Waals surface area contributed by atoms with Gasteiger partial charge in [0.05, 0.1) is 12.1 Å². The maximum atomic E-state index is 10.5. The molecule has 0 unspecified atom stereocenters. The molecule has 1 aromatic carbocycles. The zero-order chi connectivity index (χ0) is 12.3. The molecule has 0 atom stereocenters. The normalized spacial score (nSPS) is 10.4. The minimum atomic E-state index is -0.884. The van der Waals surface area contributed by atoms with Crippen molar-refractivity contribution in [2.45, 2.75) is 12.8 Å². The van der Waals surface area contributed by atoms with E-state index in [-0.39, 0.29) is 12.8 Å². The Hall–Kier alpha value is -1.95. The van der Waals surface area contributed by atoms with Gasteiger partial charge >= 0.3 is 5.97 Å². The van der Waals surface area contributed by atoms with Gasteiger partial charge in [-0.1, -0.05) is 17.7 Å². The summed E-state index contributed by atoms with van der Waals surface area (Å²) in [5.74, 6) is -0.389. The summed E-state index contributed by atoms with van der Waals surface area (Å²) in [5, 5.41) is 20.3. The lowest BCUT2D eigenvalue weighted by molar-refractivity contribution is -0.137. The highest BCUT2D eigenvalue weighted by atomic mass is 35.5. The molecule has 0 radical (unpaired) electrons. The minimum Gasteiger partial charge on any atom is -0.481 e. The molecule has 0 bridgehead atoms. The van der Waals surface area contributed by atoms with E-state index in [1.54, 1.807) is 24.3 Å². The lowest BCUT2D eigenvalue weighted by Gasteiger charge is -2.03. The summed E-state index contributed by atoms with van der Waals surface area (Å²) in [7, 11) is 0. The predicted molar refractivity (Wildman–Crippen MR) is 60.1 cm³/mol. The van der Waals surface area contributed by atoms with E-state index >= 15 is 0 Å². The van der Waals surface area contributed by atoms with E-state index in [1.165, 1.54) is 4.68 Å². The van der Waals surface area contributed by atoms with E-state index in [9.17, 15) is 4.79 Å². The third kappa shape index (κ3) is 2.79. The molecule has 0 amide bonds. The molecule has 2 rings (SSSR count). The number of aromatic nitrogens is 4. The van der Waals surface area contributed by atoms with Crippen LogP contribution in [-0.4, -0.2) is 31.3 Å². The average Bonchev–Trinajstić information content (AvgIpc) is 2.74. The zero-order valence-corrected chi connectivity index (χ0v) is 9.50. The largest absolute Gasteiger partial charge is 0.481 e. The number of aliphatic carboxylic acids is 1. The topological polar surface area (TPSA) is 80.9 Å². The molecule has 0 aliphatic carbocycles. The summed E-state index contributed by atoms with van der Waals surface area (Å²) in [5.41, 5.74) is 0.711. The lowest BCUT2D eigenvalue weighted by Crippen LogP contribution is -2.06. The fourth-order valence-corrected chi connectivity index (χ4v) is 1.57. The number of benzene rings is 1. The maximum absolute atomic E-state index is 10.5. The molecule has 1 heterocycles. The van der Waals surface area contributed by atoms with Gasteiger partial charge in [-0.15, -0.1) is 5.10 Å². The lowest BCUT2D eigenvalue weighted by atomic mass is 10.3. The van der Waals surface area contributed by atoms with Crippen molar-refractivity contribution in [1.29, 1.82) is 0 Å². The van der Waals surface area contributed by atoms with E-state index in [0.717, 1.165) is 0 Å². The second-order valence-electron chi connectivity index (χ2n) is 3.38. The summed E-state index contributed by atoms with van der Waals surface area (Å²) in [4.78, 5) is 10.5. The van der Waals surface area contributed by atoms with Crippen molar-refractivity contribution in [3.8, 4) is 5.69 Å². The van der Waals surface area contributed by atoms with Crippen LogP contribution in [-0.2, 0) is 11.2 Å². The Bertz CT molecular complexity index is 541. The van der Waals surface area contributed by atoms with Crippen LogP contribution in [0.15, 0.2) is 24.3 Å². The molecule has 0 aliphatic rings. The highest BCUT2D eigenvalue weighted by Gasteiger charge is 2.10. The van der Waals surface area contributed by atoms with Gasteiger partial charge in [0.1, 0.15) is 0 Å². The first-order valence-electron chi connectivity index (χ1n) is 4.92. The highest BCUT2D eigenvalue weighted by molar-refractivity contribution is 6.30. The van der Waals surface area contributed by atoms with Crippen LogP contribution < -0.4 is 0 Å². The fourth-order valence-electron chi connectivity index (χ4n) is 1.39.